The van der Waals surface area contributed by atoms with Crippen LogP contribution in [-0.2, 0) is 13.8 Å². The molecule has 0 N–H and O–H groups in total. The van der Waals surface area contributed by atoms with Gasteiger partial charge in [-0.2, -0.15) is 0 Å². The summed E-state index contributed by atoms with van der Waals surface area (Å²) < 4.78 is 21.1. The molecule has 0 aromatic rings. The molecule has 0 aliphatic heterocycles. The fourth-order valence-corrected chi connectivity index (χ4v) is 1.46. The van der Waals surface area contributed by atoms with Crippen molar-refractivity contribution in [3.63, 3.8) is 0 Å². The van der Waals surface area contributed by atoms with Crippen molar-refractivity contribution in [2.45, 2.75) is 13.8 Å². The first-order valence-corrected chi connectivity index (χ1v) is 5.77. The van der Waals surface area contributed by atoms with E-state index in [1.54, 1.807) is 6.66 Å². The third-order valence-corrected chi connectivity index (χ3v) is 2.41. The van der Waals surface area contributed by atoms with Crippen LogP contribution in [0.25, 0.3) is 0 Å². The lowest BCUT2D eigenvalue weighted by Crippen LogP contribution is -1.84. The van der Waals surface area contributed by atoms with E-state index < -0.39 is 7.37 Å². The van der Waals surface area contributed by atoms with E-state index in [9.17, 15) is 4.57 Å². The topological polar surface area (TPSA) is 35.5 Å². The van der Waals surface area contributed by atoms with Crippen LogP contribution in [0.5, 0.6) is 0 Å². The highest BCUT2D eigenvalue weighted by atomic mass is 31.2. The Bertz CT molecular complexity index is 165. The van der Waals surface area contributed by atoms with Crippen LogP contribution in [0.15, 0.2) is 12.1 Å². The molecule has 0 saturated carbocycles. The predicted molar refractivity (Wildman–Crippen MR) is 45.9 cm³/mol. The van der Waals surface area contributed by atoms with Crippen molar-refractivity contribution in [3.05, 3.63) is 12.1 Å². The molecule has 3 nitrogen and oxygen atoms in total. The molecule has 0 amide bonds. The van der Waals surface area contributed by atoms with Gasteiger partial charge in [-0.3, -0.25) is 4.57 Å². The molecular weight excluding hydrogens is 163 g/mol. The van der Waals surface area contributed by atoms with Crippen molar-refractivity contribution in [2.75, 3.05) is 19.9 Å². The molecule has 4 heteroatoms. The first kappa shape index (κ1) is 10.7. The van der Waals surface area contributed by atoms with E-state index >= 15 is 0 Å². The highest BCUT2D eigenvalue weighted by Crippen LogP contribution is 2.43. The van der Waals surface area contributed by atoms with Gasteiger partial charge in [-0.25, -0.2) is 0 Å². The van der Waals surface area contributed by atoms with Crippen LogP contribution in [0, 0.1) is 0 Å². The standard InChI is InChI=1S/C7H15O3P/c1-4-9-6-7-11(3,8)10-5-2/h6-7H,4-5H2,1-3H3/b7-6+. The normalized spacial score (nSPS) is 16.6. The molecule has 1 unspecified atom stereocenters. The molecule has 0 aliphatic rings. The molecule has 11 heavy (non-hydrogen) atoms. The average molecular weight is 178 g/mol. The Kier molecular flexibility index (Phi) is 5.26. The van der Waals surface area contributed by atoms with Gasteiger partial charge in [0.1, 0.15) is 0 Å². The van der Waals surface area contributed by atoms with Crippen molar-refractivity contribution in [3.8, 4) is 0 Å². The summed E-state index contributed by atoms with van der Waals surface area (Å²) in [5.74, 6) is 1.47. The average Bonchev–Trinajstić information content (AvgIpc) is 1.87. The van der Waals surface area contributed by atoms with E-state index in [0.29, 0.717) is 13.2 Å². The summed E-state index contributed by atoms with van der Waals surface area (Å²) in [4.78, 5) is 0. The summed E-state index contributed by atoms with van der Waals surface area (Å²) >= 11 is 0. The van der Waals surface area contributed by atoms with Gasteiger partial charge < -0.3 is 9.26 Å². The first-order chi connectivity index (χ1) is 5.12. The maximum absolute atomic E-state index is 11.3. The second kappa shape index (κ2) is 5.39. The van der Waals surface area contributed by atoms with E-state index in [0.717, 1.165) is 0 Å². The van der Waals surface area contributed by atoms with E-state index in [4.69, 9.17) is 9.26 Å². The summed E-state index contributed by atoms with van der Waals surface area (Å²) in [6.07, 6.45) is 1.43. The third kappa shape index (κ3) is 6.14. The van der Waals surface area contributed by atoms with Gasteiger partial charge in [0.2, 0.25) is 7.37 Å². The molecule has 0 radical (unpaired) electrons. The lowest BCUT2D eigenvalue weighted by atomic mass is 10.9. The third-order valence-electron chi connectivity index (χ3n) is 0.980. The second-order valence-corrected chi connectivity index (χ2v) is 4.44. The van der Waals surface area contributed by atoms with Crippen molar-refractivity contribution in [2.24, 2.45) is 0 Å². The smallest absolute Gasteiger partial charge is 0.225 e. The summed E-state index contributed by atoms with van der Waals surface area (Å²) in [7, 11) is -2.53. The van der Waals surface area contributed by atoms with Gasteiger partial charge in [-0.15, -0.1) is 0 Å². The van der Waals surface area contributed by atoms with Gasteiger partial charge in [0.05, 0.1) is 19.5 Å². The van der Waals surface area contributed by atoms with Crippen LogP contribution >= 0.6 is 7.37 Å². The summed E-state index contributed by atoms with van der Waals surface area (Å²) in [6, 6.07) is 0. The van der Waals surface area contributed by atoms with Crippen LogP contribution in [-0.4, -0.2) is 19.9 Å². The minimum absolute atomic E-state index is 0.463. The van der Waals surface area contributed by atoms with Gasteiger partial charge in [-0.05, 0) is 13.8 Å². The van der Waals surface area contributed by atoms with Crippen LogP contribution in [0.3, 0.4) is 0 Å². The zero-order valence-electron chi connectivity index (χ0n) is 7.24. The van der Waals surface area contributed by atoms with Crippen molar-refractivity contribution >= 4 is 7.37 Å². The number of hydrogen-bond acceptors (Lipinski definition) is 3. The minimum atomic E-state index is -2.53. The summed E-state index contributed by atoms with van der Waals surface area (Å²) in [5, 5.41) is 0. The first-order valence-electron chi connectivity index (χ1n) is 3.63. The monoisotopic (exact) mass is 178 g/mol. The Hall–Kier alpha value is -0.270. The number of hydrogen-bond donors (Lipinski definition) is 0. The van der Waals surface area contributed by atoms with Crippen LogP contribution in [0.4, 0.5) is 0 Å². The van der Waals surface area contributed by atoms with E-state index in [1.807, 2.05) is 13.8 Å². The van der Waals surface area contributed by atoms with Gasteiger partial charge in [-0.1, -0.05) is 0 Å². The number of rotatable bonds is 5. The Morgan fingerprint density at radius 3 is 2.45 bits per heavy atom. The lowest BCUT2D eigenvalue weighted by Gasteiger charge is -2.05. The maximum Gasteiger partial charge on any atom is 0.225 e. The largest absolute Gasteiger partial charge is 0.501 e. The SMILES string of the molecule is CCO/C=C/P(C)(=O)OCC. The second-order valence-electron chi connectivity index (χ2n) is 2.07. The highest BCUT2D eigenvalue weighted by Gasteiger charge is 2.08. The molecule has 0 heterocycles. The molecule has 0 aromatic heterocycles. The highest BCUT2D eigenvalue weighted by molar-refractivity contribution is 7.61. The maximum atomic E-state index is 11.3. The molecule has 66 valence electrons. The Balaban J connectivity index is 3.80. The minimum Gasteiger partial charge on any atom is -0.501 e. The molecule has 0 aromatic carbocycles. The molecule has 1 atom stereocenters. The van der Waals surface area contributed by atoms with Gasteiger partial charge in [0.15, 0.2) is 0 Å². The fourth-order valence-electron chi connectivity index (χ4n) is 0.549. The Morgan fingerprint density at radius 1 is 1.36 bits per heavy atom. The zero-order chi connectivity index (χ0) is 8.74. The number of ether oxygens (including phenoxy) is 1. The van der Waals surface area contributed by atoms with Crippen LogP contribution in [0.1, 0.15) is 13.8 Å². The van der Waals surface area contributed by atoms with E-state index in [1.165, 1.54) is 12.1 Å². The molecule has 0 aliphatic carbocycles. The summed E-state index contributed by atoms with van der Waals surface area (Å²) in [6.45, 7) is 6.29. The van der Waals surface area contributed by atoms with Crippen LogP contribution in [0.2, 0.25) is 0 Å². The quantitative estimate of drug-likeness (QED) is 0.479. The Labute approximate surface area is 67.8 Å². The molecule has 0 rings (SSSR count). The Morgan fingerprint density at radius 2 is 2.00 bits per heavy atom. The van der Waals surface area contributed by atoms with Crippen molar-refractivity contribution in [1.82, 2.24) is 0 Å². The van der Waals surface area contributed by atoms with Crippen molar-refractivity contribution < 1.29 is 13.8 Å². The summed E-state index contributed by atoms with van der Waals surface area (Å²) in [5.41, 5.74) is 0. The molecule has 0 saturated heterocycles. The lowest BCUT2D eigenvalue weighted by molar-refractivity contribution is 0.268. The van der Waals surface area contributed by atoms with E-state index in [-0.39, 0.29) is 0 Å². The van der Waals surface area contributed by atoms with Crippen molar-refractivity contribution in [1.29, 1.82) is 0 Å². The van der Waals surface area contributed by atoms with E-state index in [2.05, 4.69) is 0 Å². The predicted octanol–water partition coefficient (Wildman–Crippen LogP) is 2.44. The molecular formula is C7H15O3P. The molecule has 0 bridgehead atoms. The molecule has 0 spiro atoms. The van der Waals surface area contributed by atoms with Gasteiger partial charge >= 0.3 is 0 Å². The van der Waals surface area contributed by atoms with Gasteiger partial charge in [0, 0.05) is 12.5 Å². The molecule has 0 fully saturated rings. The van der Waals surface area contributed by atoms with Gasteiger partial charge in [0.25, 0.3) is 0 Å². The zero-order valence-corrected chi connectivity index (χ0v) is 8.14. The van der Waals surface area contributed by atoms with Crippen LogP contribution < -0.4 is 0 Å². The fraction of sp³-hybridized carbons (Fsp3) is 0.714.